The van der Waals surface area contributed by atoms with Crippen molar-refractivity contribution in [3.05, 3.63) is 35.1 Å². The quantitative estimate of drug-likeness (QED) is 0.791. The van der Waals surface area contributed by atoms with Gasteiger partial charge in [-0.05, 0) is 55.7 Å². The molecule has 0 aliphatic rings. The number of fused-ring (bicyclic) bond motifs is 1. The van der Waals surface area contributed by atoms with E-state index < -0.39 is 15.7 Å². The van der Waals surface area contributed by atoms with Crippen LogP contribution in [0.25, 0.3) is 10.8 Å². The van der Waals surface area contributed by atoms with E-state index in [1.807, 2.05) is 26.0 Å². The fourth-order valence-corrected chi connectivity index (χ4v) is 3.42. The van der Waals surface area contributed by atoms with Crippen molar-refractivity contribution in [2.75, 3.05) is 7.11 Å². The highest BCUT2D eigenvalue weighted by atomic mass is 35.5. The molecule has 4 nitrogen and oxygen atoms in total. The van der Waals surface area contributed by atoms with Gasteiger partial charge in [0, 0.05) is 11.6 Å². The number of halogens is 1. The Labute approximate surface area is 145 Å². The van der Waals surface area contributed by atoms with E-state index in [9.17, 15) is 4.21 Å². The molecule has 2 rings (SSSR count). The predicted molar refractivity (Wildman–Crippen MR) is 97.4 cm³/mol. The first kappa shape index (κ1) is 18.2. The molecule has 23 heavy (non-hydrogen) atoms. The zero-order valence-corrected chi connectivity index (χ0v) is 15.5. The van der Waals surface area contributed by atoms with Crippen LogP contribution < -0.4 is 9.88 Å². The van der Waals surface area contributed by atoms with Crippen molar-refractivity contribution in [2.45, 2.75) is 44.3 Å². The minimum Gasteiger partial charge on any atom is -0.496 e. The monoisotopic (exact) mass is 354 g/mol. The van der Waals surface area contributed by atoms with Gasteiger partial charge in [0.1, 0.15) is 10.9 Å². The summed E-state index contributed by atoms with van der Waals surface area (Å²) >= 11 is 6.10. The second-order valence-electron chi connectivity index (χ2n) is 6.28. The van der Waals surface area contributed by atoms with Crippen molar-refractivity contribution in [3.63, 3.8) is 0 Å². The number of ether oxygens (including phenoxy) is 1. The van der Waals surface area contributed by atoms with Crippen LogP contribution in [-0.2, 0) is 11.0 Å². The van der Waals surface area contributed by atoms with Gasteiger partial charge in [0.25, 0.3) is 0 Å². The Kier molecular flexibility index (Phi) is 5.65. The molecule has 0 spiro atoms. The summed E-state index contributed by atoms with van der Waals surface area (Å²) in [4.78, 5) is 4.16. The van der Waals surface area contributed by atoms with Gasteiger partial charge in [-0.1, -0.05) is 24.6 Å². The summed E-state index contributed by atoms with van der Waals surface area (Å²) in [5.74, 6) is 0.994. The molecule has 2 N–H and O–H groups in total. The van der Waals surface area contributed by atoms with Crippen LogP contribution in [0.2, 0.25) is 5.15 Å². The SMILES string of the molecule is CC[C@H](CC(C)(C)S(N)=O)c1ccc(OC)c2cnc(Cl)cc12. The Morgan fingerprint density at radius 2 is 2.09 bits per heavy atom. The summed E-state index contributed by atoms with van der Waals surface area (Å²) in [6.45, 7) is 6.00. The molecule has 6 heteroatoms. The Hall–Kier alpha value is -1.17. The standard InChI is InChI=1S/C17H23ClN2O2S/c1-5-11(9-17(2,3)23(19)21)12-6-7-15(22-4)14-10-20-16(18)8-13(12)14/h6-8,10-11H,5,9,19H2,1-4H3/t11-,23?/m1/s1. The highest BCUT2D eigenvalue weighted by Gasteiger charge is 2.29. The van der Waals surface area contributed by atoms with Crippen LogP contribution in [0.4, 0.5) is 0 Å². The lowest BCUT2D eigenvalue weighted by Crippen LogP contribution is -2.33. The summed E-state index contributed by atoms with van der Waals surface area (Å²) in [5, 5.41) is 8.06. The van der Waals surface area contributed by atoms with E-state index in [0.29, 0.717) is 5.15 Å². The number of hydrogen-bond donors (Lipinski definition) is 1. The smallest absolute Gasteiger partial charge is 0.129 e. The molecule has 0 radical (unpaired) electrons. The molecule has 0 saturated heterocycles. The Bertz CT molecular complexity index is 734. The highest BCUT2D eigenvalue weighted by Crippen LogP contribution is 2.38. The van der Waals surface area contributed by atoms with Crippen LogP contribution in [0, 0.1) is 0 Å². The number of aromatic nitrogens is 1. The number of nitrogens with zero attached hydrogens (tertiary/aromatic N) is 1. The largest absolute Gasteiger partial charge is 0.496 e. The van der Waals surface area contributed by atoms with Gasteiger partial charge in [-0.25, -0.2) is 9.19 Å². The first-order chi connectivity index (χ1) is 10.8. The maximum atomic E-state index is 11.8. The van der Waals surface area contributed by atoms with Crippen molar-refractivity contribution >= 4 is 33.4 Å². The summed E-state index contributed by atoms with van der Waals surface area (Å²) in [5.41, 5.74) is 1.16. The predicted octanol–water partition coefficient (Wildman–Crippen LogP) is 4.18. The minimum atomic E-state index is -1.38. The van der Waals surface area contributed by atoms with Crippen LogP contribution in [0.3, 0.4) is 0 Å². The lowest BCUT2D eigenvalue weighted by Gasteiger charge is -2.28. The van der Waals surface area contributed by atoms with Crippen LogP contribution in [0.15, 0.2) is 24.4 Å². The topological polar surface area (TPSA) is 65.2 Å². The van der Waals surface area contributed by atoms with Crippen LogP contribution >= 0.6 is 11.6 Å². The maximum Gasteiger partial charge on any atom is 0.129 e. The van der Waals surface area contributed by atoms with Gasteiger partial charge in [-0.2, -0.15) is 0 Å². The van der Waals surface area contributed by atoms with Crippen molar-refractivity contribution in [3.8, 4) is 5.75 Å². The minimum absolute atomic E-state index is 0.226. The van der Waals surface area contributed by atoms with E-state index in [1.165, 1.54) is 0 Å². The molecule has 126 valence electrons. The number of methoxy groups -OCH3 is 1. The fourth-order valence-electron chi connectivity index (χ4n) is 2.89. The molecule has 0 amide bonds. The lowest BCUT2D eigenvalue weighted by molar-refractivity contribution is 0.419. The van der Waals surface area contributed by atoms with Gasteiger partial charge >= 0.3 is 0 Å². The van der Waals surface area contributed by atoms with Gasteiger partial charge in [0.2, 0.25) is 0 Å². The van der Waals surface area contributed by atoms with Crippen molar-refractivity contribution < 1.29 is 8.95 Å². The lowest BCUT2D eigenvalue weighted by atomic mass is 9.85. The third-order valence-electron chi connectivity index (χ3n) is 4.30. The average molecular weight is 355 g/mol. The van der Waals surface area contributed by atoms with Gasteiger partial charge in [-0.15, -0.1) is 0 Å². The average Bonchev–Trinajstić information content (AvgIpc) is 2.51. The number of nitrogens with two attached hydrogens (primary N) is 1. The molecule has 1 aromatic heterocycles. The first-order valence-corrected chi connectivity index (χ1v) is 9.17. The highest BCUT2D eigenvalue weighted by molar-refractivity contribution is 7.84. The van der Waals surface area contributed by atoms with E-state index in [-0.39, 0.29) is 5.92 Å². The first-order valence-electron chi connectivity index (χ1n) is 7.58. The molecule has 1 heterocycles. The molecule has 2 atom stereocenters. The number of benzene rings is 1. The number of rotatable bonds is 6. The molecule has 0 saturated carbocycles. The second kappa shape index (κ2) is 7.16. The number of hydrogen-bond acceptors (Lipinski definition) is 3. The number of pyridine rings is 1. The molecular formula is C17H23ClN2O2S. The third kappa shape index (κ3) is 3.84. The molecular weight excluding hydrogens is 332 g/mol. The summed E-state index contributed by atoms with van der Waals surface area (Å²) in [7, 11) is 0.261. The van der Waals surface area contributed by atoms with E-state index in [2.05, 4.69) is 18.0 Å². The Morgan fingerprint density at radius 3 is 2.65 bits per heavy atom. The summed E-state index contributed by atoms with van der Waals surface area (Å²) < 4.78 is 16.8. The van der Waals surface area contributed by atoms with E-state index >= 15 is 0 Å². The van der Waals surface area contributed by atoms with Gasteiger partial charge in [0.05, 0.1) is 22.8 Å². The zero-order valence-electron chi connectivity index (χ0n) is 13.9. The van der Waals surface area contributed by atoms with Crippen LogP contribution in [0.5, 0.6) is 5.75 Å². The Balaban J connectivity index is 2.57. The van der Waals surface area contributed by atoms with Gasteiger partial charge < -0.3 is 4.74 Å². The molecule has 0 aliphatic carbocycles. The summed E-state index contributed by atoms with van der Waals surface area (Å²) in [6.07, 6.45) is 3.38. The van der Waals surface area contributed by atoms with Gasteiger partial charge in [0.15, 0.2) is 0 Å². The molecule has 0 aliphatic heterocycles. The summed E-state index contributed by atoms with van der Waals surface area (Å²) in [6, 6.07) is 5.87. The fraction of sp³-hybridized carbons (Fsp3) is 0.471. The molecule has 0 bridgehead atoms. The molecule has 1 aromatic carbocycles. The normalized spacial score (nSPS) is 14.7. The van der Waals surface area contributed by atoms with E-state index in [0.717, 1.165) is 34.9 Å². The zero-order chi connectivity index (χ0) is 17.2. The van der Waals surface area contributed by atoms with E-state index in [4.69, 9.17) is 21.5 Å². The van der Waals surface area contributed by atoms with E-state index in [1.54, 1.807) is 13.3 Å². The molecule has 0 fully saturated rings. The maximum absolute atomic E-state index is 11.8. The third-order valence-corrected chi connectivity index (χ3v) is 5.76. The van der Waals surface area contributed by atoms with Crippen molar-refractivity contribution in [2.24, 2.45) is 5.14 Å². The molecule has 2 aromatic rings. The van der Waals surface area contributed by atoms with Crippen molar-refractivity contribution in [1.82, 2.24) is 4.98 Å². The van der Waals surface area contributed by atoms with Crippen LogP contribution in [-0.4, -0.2) is 21.0 Å². The van der Waals surface area contributed by atoms with Gasteiger partial charge in [-0.3, -0.25) is 5.14 Å². The Morgan fingerprint density at radius 1 is 1.39 bits per heavy atom. The van der Waals surface area contributed by atoms with Crippen LogP contribution in [0.1, 0.15) is 45.1 Å². The van der Waals surface area contributed by atoms with Crippen molar-refractivity contribution in [1.29, 1.82) is 0 Å². The molecule has 1 unspecified atom stereocenters. The second-order valence-corrected chi connectivity index (χ2v) is 8.36.